The summed E-state index contributed by atoms with van der Waals surface area (Å²) >= 11 is 5.61. The molecule has 5 atom stereocenters. The van der Waals surface area contributed by atoms with Crippen molar-refractivity contribution in [2.24, 2.45) is 0 Å². The van der Waals surface area contributed by atoms with Gasteiger partial charge in [-0.1, -0.05) is 26.7 Å². The minimum absolute atomic E-state index is 0.292. The minimum atomic E-state index is -0.751. The molecule has 2 fully saturated rings. The molecule has 3 rings (SSSR count). The Hall–Kier alpha value is -1.80. The zero-order chi connectivity index (χ0) is 24.6. The monoisotopic (exact) mass is 491 g/mol. The molecule has 0 amide bonds. The summed E-state index contributed by atoms with van der Waals surface area (Å²) < 4.78 is 30.7. The molecule has 188 valence electrons. The Kier molecular flexibility index (Phi) is 10.1. The van der Waals surface area contributed by atoms with Crippen molar-refractivity contribution in [3.8, 4) is 6.07 Å². The van der Waals surface area contributed by atoms with Gasteiger partial charge in [-0.2, -0.15) is 5.26 Å². The van der Waals surface area contributed by atoms with Crippen LogP contribution in [-0.2, 0) is 23.7 Å². The third-order valence-corrected chi connectivity index (χ3v) is 6.00. The number of nitriles is 1. The number of nitrogens with zero attached hydrogens (tertiary/aromatic N) is 1. The number of hydrogen-bond acceptors (Lipinski definition) is 7. The van der Waals surface area contributed by atoms with Crippen molar-refractivity contribution in [1.82, 2.24) is 5.32 Å². The number of thiocarbonyl (C=S) groups is 1. The van der Waals surface area contributed by atoms with Crippen LogP contribution in [0.3, 0.4) is 0 Å². The zero-order valence-corrected chi connectivity index (χ0v) is 21.4. The summed E-state index contributed by atoms with van der Waals surface area (Å²) in [6.07, 6.45) is 2.53. The van der Waals surface area contributed by atoms with E-state index < -0.39 is 12.1 Å². The maximum atomic E-state index is 9.01. The first-order valence-electron chi connectivity index (χ1n) is 12.1. The lowest BCUT2D eigenvalue weighted by atomic mass is 10.0. The Labute approximate surface area is 208 Å². The van der Waals surface area contributed by atoms with E-state index in [0.717, 1.165) is 31.4 Å². The summed E-state index contributed by atoms with van der Waals surface area (Å²) in [4.78, 5) is 0. The Morgan fingerprint density at radius 1 is 1.15 bits per heavy atom. The van der Waals surface area contributed by atoms with Crippen LogP contribution in [0.4, 0.5) is 5.69 Å². The fraction of sp³-hybridized carbons (Fsp3) is 0.680. The second-order valence-corrected chi connectivity index (χ2v) is 9.48. The second-order valence-electron chi connectivity index (χ2n) is 9.07. The van der Waals surface area contributed by atoms with Crippen LogP contribution in [0.2, 0.25) is 0 Å². The minimum Gasteiger partial charge on any atom is -0.379 e. The summed E-state index contributed by atoms with van der Waals surface area (Å²) in [6.45, 7) is 9.74. The summed E-state index contributed by atoms with van der Waals surface area (Å²) in [6, 6.07) is 8.92. The molecule has 0 saturated carbocycles. The standard InChI is InChI=1S/C25H37N3O5S/c1-5-7-13-29-16-19(30-14-8-6-2)21-20(22-23(31-21)33-25(3,4)32-22)28-24(34)27-18-11-9-17(15-26)10-12-18/h9-12,19-23H,5-8,13-14,16H2,1-4H3,(H2,27,28,34)/t19-,20+,21-,22-,23-/m1/s1. The number of fused-ring (bicyclic) bond motifs is 1. The van der Waals surface area contributed by atoms with Crippen LogP contribution in [0.5, 0.6) is 0 Å². The summed E-state index contributed by atoms with van der Waals surface area (Å²) in [5.74, 6) is -0.751. The number of hydrogen-bond donors (Lipinski definition) is 2. The molecule has 8 nitrogen and oxygen atoms in total. The highest BCUT2D eigenvalue weighted by atomic mass is 32.1. The molecule has 1 aromatic rings. The molecule has 2 N–H and O–H groups in total. The predicted octanol–water partition coefficient (Wildman–Crippen LogP) is 4.09. The van der Waals surface area contributed by atoms with E-state index in [1.165, 1.54) is 0 Å². The Bertz CT molecular complexity index is 829. The van der Waals surface area contributed by atoms with Gasteiger partial charge < -0.3 is 34.3 Å². The van der Waals surface area contributed by atoms with E-state index in [1.807, 2.05) is 26.0 Å². The number of rotatable bonds is 12. The molecular formula is C25H37N3O5S. The molecule has 0 spiro atoms. The Morgan fingerprint density at radius 3 is 2.53 bits per heavy atom. The molecule has 0 radical (unpaired) electrons. The maximum Gasteiger partial charge on any atom is 0.189 e. The van der Waals surface area contributed by atoms with Gasteiger partial charge >= 0.3 is 0 Å². The quantitative estimate of drug-likeness (QED) is 0.331. The molecule has 0 bridgehead atoms. The van der Waals surface area contributed by atoms with E-state index in [4.69, 9.17) is 41.2 Å². The molecule has 1 aromatic carbocycles. The average Bonchev–Trinajstić information content (AvgIpc) is 3.28. The van der Waals surface area contributed by atoms with Gasteiger partial charge in [-0.3, -0.25) is 0 Å². The van der Waals surface area contributed by atoms with Gasteiger partial charge in [0.2, 0.25) is 0 Å². The highest BCUT2D eigenvalue weighted by Gasteiger charge is 2.57. The summed E-state index contributed by atoms with van der Waals surface area (Å²) in [5, 5.41) is 16.0. The number of anilines is 1. The van der Waals surface area contributed by atoms with Crippen molar-refractivity contribution in [2.45, 2.75) is 89.8 Å². The molecule has 2 saturated heterocycles. The molecule has 0 unspecified atom stereocenters. The molecule has 2 heterocycles. The number of ether oxygens (including phenoxy) is 5. The van der Waals surface area contributed by atoms with Gasteiger partial charge in [-0.05, 0) is 63.2 Å². The molecule has 34 heavy (non-hydrogen) atoms. The first-order chi connectivity index (χ1) is 16.4. The number of nitrogens with one attached hydrogen (secondary N) is 2. The Morgan fingerprint density at radius 2 is 1.85 bits per heavy atom. The van der Waals surface area contributed by atoms with Crippen LogP contribution >= 0.6 is 12.2 Å². The van der Waals surface area contributed by atoms with Gasteiger partial charge in [0, 0.05) is 18.9 Å². The first kappa shape index (κ1) is 26.8. The average molecular weight is 492 g/mol. The van der Waals surface area contributed by atoms with Crippen LogP contribution in [0.25, 0.3) is 0 Å². The fourth-order valence-corrected chi connectivity index (χ4v) is 4.28. The number of unbranched alkanes of at least 4 members (excludes halogenated alkanes) is 2. The van der Waals surface area contributed by atoms with Crippen LogP contribution < -0.4 is 10.6 Å². The van der Waals surface area contributed by atoms with Crippen LogP contribution in [0.1, 0.15) is 58.9 Å². The number of benzene rings is 1. The molecular weight excluding hydrogens is 454 g/mol. The van der Waals surface area contributed by atoms with Gasteiger partial charge in [0.15, 0.2) is 17.2 Å². The maximum absolute atomic E-state index is 9.01. The van der Waals surface area contributed by atoms with Crippen molar-refractivity contribution in [3.05, 3.63) is 29.8 Å². The van der Waals surface area contributed by atoms with Crippen molar-refractivity contribution in [2.75, 3.05) is 25.1 Å². The molecule has 9 heteroatoms. The van der Waals surface area contributed by atoms with Gasteiger partial charge in [-0.15, -0.1) is 0 Å². The van der Waals surface area contributed by atoms with Crippen molar-refractivity contribution >= 4 is 23.0 Å². The topological polar surface area (TPSA) is 94.0 Å². The van der Waals surface area contributed by atoms with E-state index in [0.29, 0.717) is 30.5 Å². The van der Waals surface area contributed by atoms with E-state index in [-0.39, 0.29) is 24.4 Å². The van der Waals surface area contributed by atoms with Gasteiger partial charge in [0.05, 0.1) is 24.3 Å². The first-order valence-corrected chi connectivity index (χ1v) is 12.6. The molecule has 0 aromatic heterocycles. The van der Waals surface area contributed by atoms with Gasteiger partial charge in [0.25, 0.3) is 0 Å². The summed E-state index contributed by atoms with van der Waals surface area (Å²) in [7, 11) is 0. The largest absolute Gasteiger partial charge is 0.379 e. The van der Waals surface area contributed by atoms with E-state index in [1.54, 1.807) is 12.1 Å². The normalized spacial score (nSPS) is 26.0. The third kappa shape index (κ3) is 7.35. The van der Waals surface area contributed by atoms with Gasteiger partial charge in [-0.25, -0.2) is 0 Å². The van der Waals surface area contributed by atoms with E-state index in [2.05, 4.69) is 30.6 Å². The summed E-state index contributed by atoms with van der Waals surface area (Å²) in [5.41, 5.74) is 1.37. The highest BCUT2D eigenvalue weighted by molar-refractivity contribution is 7.80. The lowest BCUT2D eigenvalue weighted by Crippen LogP contribution is -2.54. The molecule has 2 aliphatic rings. The lowest BCUT2D eigenvalue weighted by molar-refractivity contribution is -0.222. The molecule has 2 aliphatic heterocycles. The molecule has 0 aliphatic carbocycles. The van der Waals surface area contributed by atoms with Crippen LogP contribution in [0, 0.1) is 11.3 Å². The second kappa shape index (κ2) is 12.8. The zero-order valence-electron chi connectivity index (χ0n) is 20.5. The van der Waals surface area contributed by atoms with Crippen molar-refractivity contribution < 1.29 is 23.7 Å². The predicted molar refractivity (Wildman–Crippen MR) is 133 cm³/mol. The van der Waals surface area contributed by atoms with E-state index >= 15 is 0 Å². The fourth-order valence-electron chi connectivity index (χ4n) is 4.02. The van der Waals surface area contributed by atoms with E-state index in [9.17, 15) is 0 Å². The highest BCUT2D eigenvalue weighted by Crippen LogP contribution is 2.39. The Balaban J connectivity index is 1.72. The van der Waals surface area contributed by atoms with Crippen molar-refractivity contribution in [3.63, 3.8) is 0 Å². The smallest absolute Gasteiger partial charge is 0.189 e. The SMILES string of the molecule is CCCCOC[C@@H](OCCCC)[C@H]1O[C@@H]2OC(C)(C)O[C@@H]2[C@H]1NC(=S)Nc1ccc(C#N)cc1. The third-order valence-electron chi connectivity index (χ3n) is 5.78. The van der Waals surface area contributed by atoms with Crippen LogP contribution in [0.15, 0.2) is 24.3 Å². The van der Waals surface area contributed by atoms with Crippen LogP contribution in [-0.4, -0.2) is 61.4 Å². The van der Waals surface area contributed by atoms with Crippen molar-refractivity contribution in [1.29, 1.82) is 5.26 Å². The lowest BCUT2D eigenvalue weighted by Gasteiger charge is -2.32. The van der Waals surface area contributed by atoms with Gasteiger partial charge in [0.1, 0.15) is 18.3 Å².